The Morgan fingerprint density at radius 1 is 0.576 bits per heavy atom. The minimum absolute atomic E-state index is 0.0555. The van der Waals surface area contributed by atoms with Gasteiger partial charge in [0.05, 0.1) is 41.8 Å². The van der Waals surface area contributed by atoms with Crippen LogP contribution in [0.15, 0.2) is 86.0 Å². The van der Waals surface area contributed by atoms with Gasteiger partial charge in [0, 0.05) is 5.39 Å². The first-order valence-electron chi connectivity index (χ1n) is 11.0. The zero-order valence-corrected chi connectivity index (χ0v) is 18.8. The summed E-state index contributed by atoms with van der Waals surface area (Å²) in [5.74, 6) is 0. The Balaban J connectivity index is 1.72. The average molecular weight is 430 g/mol. The van der Waals surface area contributed by atoms with Gasteiger partial charge >= 0.3 is 0 Å². The van der Waals surface area contributed by atoms with E-state index in [2.05, 4.69) is 94.1 Å². The van der Waals surface area contributed by atoms with E-state index in [-0.39, 0.29) is 5.41 Å². The SMILES string of the molecule is CC(C)(C)c1ccc2ccc3c(N(c4cncnc4)c4cncnc4)ccc4ccc1c2c43. The summed E-state index contributed by atoms with van der Waals surface area (Å²) in [4.78, 5) is 19.2. The first kappa shape index (κ1) is 19.6. The summed E-state index contributed by atoms with van der Waals surface area (Å²) in [6.07, 6.45) is 10.3. The molecule has 160 valence electrons. The Kier molecular flexibility index (Phi) is 4.27. The molecular formula is C28H23N5. The largest absolute Gasteiger partial charge is 0.304 e. The van der Waals surface area contributed by atoms with Crippen molar-refractivity contribution in [1.29, 1.82) is 0 Å². The zero-order valence-electron chi connectivity index (χ0n) is 18.8. The number of nitrogens with zero attached hydrogens (tertiary/aromatic N) is 5. The second-order valence-corrected chi connectivity index (χ2v) is 9.40. The van der Waals surface area contributed by atoms with Crippen molar-refractivity contribution in [2.24, 2.45) is 0 Å². The van der Waals surface area contributed by atoms with Gasteiger partial charge in [-0.05, 0) is 44.0 Å². The fourth-order valence-corrected chi connectivity index (χ4v) is 4.88. The van der Waals surface area contributed by atoms with Gasteiger partial charge in [0.25, 0.3) is 0 Å². The smallest absolute Gasteiger partial charge is 0.115 e. The van der Waals surface area contributed by atoms with Gasteiger partial charge in [-0.2, -0.15) is 0 Å². The zero-order chi connectivity index (χ0) is 22.6. The minimum atomic E-state index is 0.0555. The lowest BCUT2D eigenvalue weighted by atomic mass is 9.81. The van der Waals surface area contributed by atoms with Crippen LogP contribution < -0.4 is 4.90 Å². The van der Waals surface area contributed by atoms with Crippen LogP contribution >= 0.6 is 0 Å². The van der Waals surface area contributed by atoms with Crippen molar-refractivity contribution in [3.63, 3.8) is 0 Å². The fraction of sp³-hybridized carbons (Fsp3) is 0.143. The van der Waals surface area contributed by atoms with Crippen LogP contribution in [0.4, 0.5) is 17.1 Å². The van der Waals surface area contributed by atoms with E-state index in [4.69, 9.17) is 0 Å². The Morgan fingerprint density at radius 3 is 1.64 bits per heavy atom. The average Bonchev–Trinajstić information content (AvgIpc) is 2.84. The van der Waals surface area contributed by atoms with E-state index in [1.54, 1.807) is 12.7 Å². The fourth-order valence-electron chi connectivity index (χ4n) is 4.88. The van der Waals surface area contributed by atoms with Crippen LogP contribution in [0.3, 0.4) is 0 Å². The molecule has 4 aromatic carbocycles. The Hall–Kier alpha value is -4.12. The number of hydrogen-bond donors (Lipinski definition) is 0. The lowest BCUT2D eigenvalue weighted by molar-refractivity contribution is 0.596. The molecule has 2 heterocycles. The van der Waals surface area contributed by atoms with Gasteiger partial charge in [0.15, 0.2) is 0 Å². The molecule has 0 saturated carbocycles. The van der Waals surface area contributed by atoms with Crippen molar-refractivity contribution in [1.82, 2.24) is 19.9 Å². The van der Waals surface area contributed by atoms with E-state index in [1.807, 2.05) is 24.8 Å². The third kappa shape index (κ3) is 3.08. The molecule has 5 heteroatoms. The van der Waals surface area contributed by atoms with Crippen LogP contribution in [0.25, 0.3) is 32.3 Å². The van der Waals surface area contributed by atoms with Crippen molar-refractivity contribution in [3.05, 3.63) is 91.5 Å². The van der Waals surface area contributed by atoms with Gasteiger partial charge in [-0.25, -0.2) is 19.9 Å². The van der Waals surface area contributed by atoms with Gasteiger partial charge in [0.2, 0.25) is 0 Å². The van der Waals surface area contributed by atoms with Gasteiger partial charge < -0.3 is 4.90 Å². The lowest BCUT2D eigenvalue weighted by Gasteiger charge is -2.27. The molecule has 5 nitrogen and oxygen atoms in total. The molecular weight excluding hydrogens is 406 g/mol. The Morgan fingerprint density at radius 2 is 1.06 bits per heavy atom. The molecule has 0 amide bonds. The molecule has 2 aromatic heterocycles. The molecule has 0 radical (unpaired) electrons. The molecule has 33 heavy (non-hydrogen) atoms. The van der Waals surface area contributed by atoms with Crippen molar-refractivity contribution in [2.75, 3.05) is 4.90 Å². The first-order chi connectivity index (χ1) is 16.0. The summed E-state index contributed by atoms with van der Waals surface area (Å²) in [6, 6.07) is 17.8. The molecule has 0 aliphatic heterocycles. The highest BCUT2D eigenvalue weighted by molar-refractivity contribution is 6.26. The summed E-state index contributed by atoms with van der Waals surface area (Å²) >= 11 is 0. The van der Waals surface area contributed by atoms with Crippen LogP contribution in [-0.4, -0.2) is 19.9 Å². The second kappa shape index (κ2) is 7.20. The second-order valence-electron chi connectivity index (χ2n) is 9.40. The van der Waals surface area contributed by atoms with Gasteiger partial charge in [0.1, 0.15) is 12.7 Å². The van der Waals surface area contributed by atoms with Crippen LogP contribution in [0.1, 0.15) is 26.3 Å². The van der Waals surface area contributed by atoms with E-state index in [9.17, 15) is 0 Å². The molecule has 0 atom stereocenters. The van der Waals surface area contributed by atoms with Gasteiger partial charge in [-0.15, -0.1) is 0 Å². The number of rotatable bonds is 3. The molecule has 0 aliphatic rings. The number of hydrogen-bond acceptors (Lipinski definition) is 5. The predicted octanol–water partition coefficient (Wildman–Crippen LogP) is 6.93. The lowest BCUT2D eigenvalue weighted by Crippen LogP contribution is -2.12. The molecule has 0 aliphatic carbocycles. The van der Waals surface area contributed by atoms with Crippen molar-refractivity contribution in [3.8, 4) is 0 Å². The number of anilines is 3. The normalized spacial score (nSPS) is 12.1. The predicted molar refractivity (Wildman–Crippen MR) is 135 cm³/mol. The van der Waals surface area contributed by atoms with Gasteiger partial charge in [-0.3, -0.25) is 0 Å². The molecule has 0 spiro atoms. The van der Waals surface area contributed by atoms with Crippen LogP contribution in [0.2, 0.25) is 0 Å². The highest BCUT2D eigenvalue weighted by Gasteiger charge is 2.22. The topological polar surface area (TPSA) is 54.8 Å². The Labute approximate surface area is 192 Å². The number of aromatic nitrogens is 4. The highest BCUT2D eigenvalue weighted by atomic mass is 15.2. The summed E-state index contributed by atoms with van der Waals surface area (Å²) in [5.41, 5.74) is 4.18. The van der Waals surface area contributed by atoms with Crippen LogP contribution in [0.5, 0.6) is 0 Å². The van der Waals surface area contributed by atoms with Crippen LogP contribution in [0, 0.1) is 0 Å². The molecule has 0 fully saturated rings. The Bertz CT molecular complexity index is 1550. The van der Waals surface area contributed by atoms with Crippen molar-refractivity contribution < 1.29 is 0 Å². The molecule has 6 aromatic rings. The molecule has 0 saturated heterocycles. The summed E-state index contributed by atoms with van der Waals surface area (Å²) < 4.78 is 0. The number of benzene rings is 4. The van der Waals surface area contributed by atoms with Crippen molar-refractivity contribution >= 4 is 49.4 Å². The molecule has 0 unspecified atom stereocenters. The molecule has 0 N–H and O–H groups in total. The maximum atomic E-state index is 4.26. The van der Waals surface area contributed by atoms with E-state index in [1.165, 1.54) is 37.9 Å². The van der Waals surface area contributed by atoms with Crippen LogP contribution in [-0.2, 0) is 5.41 Å². The summed E-state index contributed by atoms with van der Waals surface area (Å²) in [6.45, 7) is 6.82. The maximum Gasteiger partial charge on any atom is 0.115 e. The third-order valence-corrected chi connectivity index (χ3v) is 6.30. The monoisotopic (exact) mass is 429 g/mol. The molecule has 0 bridgehead atoms. The minimum Gasteiger partial charge on any atom is -0.304 e. The molecule has 6 rings (SSSR count). The van der Waals surface area contributed by atoms with Gasteiger partial charge in [-0.1, -0.05) is 63.2 Å². The van der Waals surface area contributed by atoms with E-state index in [0.29, 0.717) is 0 Å². The third-order valence-electron chi connectivity index (χ3n) is 6.30. The van der Waals surface area contributed by atoms with Crippen molar-refractivity contribution in [2.45, 2.75) is 26.2 Å². The van der Waals surface area contributed by atoms with E-state index < -0.39 is 0 Å². The quantitative estimate of drug-likeness (QED) is 0.285. The first-order valence-corrected chi connectivity index (χ1v) is 11.0. The standard InChI is InChI=1S/C28H23N5/c1-28(2,3)24-10-6-18-5-9-23-25(11-7-19-4-8-22(24)26(18)27(19)23)33(20-12-29-16-30-13-20)21-14-31-17-32-15-21/h4-17H,1-3H3. The maximum absolute atomic E-state index is 4.26. The van der Waals surface area contributed by atoms with E-state index >= 15 is 0 Å². The van der Waals surface area contributed by atoms with E-state index in [0.717, 1.165) is 17.1 Å². The summed E-state index contributed by atoms with van der Waals surface area (Å²) in [5, 5.41) is 7.55. The highest BCUT2D eigenvalue weighted by Crippen LogP contribution is 2.44. The summed E-state index contributed by atoms with van der Waals surface area (Å²) in [7, 11) is 0.